The highest BCUT2D eigenvalue weighted by Crippen LogP contribution is 2.31. The fourth-order valence-electron chi connectivity index (χ4n) is 3.27. The van der Waals surface area contributed by atoms with Gasteiger partial charge in [0.05, 0.1) is 17.6 Å². The van der Waals surface area contributed by atoms with Crippen molar-refractivity contribution in [2.45, 2.75) is 20.1 Å². The molecule has 2 aromatic carbocycles. The summed E-state index contributed by atoms with van der Waals surface area (Å²) < 4.78 is 32.1. The molecule has 0 saturated carbocycles. The molecule has 4 aromatic rings. The van der Waals surface area contributed by atoms with Crippen molar-refractivity contribution >= 4 is 22.6 Å². The monoisotopic (exact) mass is 415 g/mol. The number of H-pyrrole nitrogens is 1. The van der Waals surface area contributed by atoms with Crippen LogP contribution in [0.2, 0.25) is 5.02 Å². The first-order chi connectivity index (χ1) is 13.9. The molecule has 8 heteroatoms. The number of fused-ring (bicyclic) bond motifs is 1. The summed E-state index contributed by atoms with van der Waals surface area (Å²) in [6.45, 7) is -0.886. The van der Waals surface area contributed by atoms with Crippen molar-refractivity contribution < 1.29 is 13.5 Å². The lowest BCUT2D eigenvalue weighted by Gasteiger charge is -2.14. The minimum absolute atomic E-state index is 0.0329. The van der Waals surface area contributed by atoms with Gasteiger partial charge in [-0.25, -0.2) is 4.98 Å². The lowest BCUT2D eigenvalue weighted by Crippen LogP contribution is -2.08. The number of nitrogens with one attached hydrogen (secondary N) is 1. The summed E-state index contributed by atoms with van der Waals surface area (Å²) in [5, 5.41) is 0.334. The third kappa shape index (κ3) is 3.86. The van der Waals surface area contributed by atoms with Crippen LogP contribution in [0.25, 0.3) is 22.2 Å². The molecule has 0 aliphatic carbocycles. The highest BCUT2D eigenvalue weighted by atomic mass is 35.5. The van der Waals surface area contributed by atoms with Gasteiger partial charge in [0.25, 0.3) is 0 Å². The number of halogens is 3. The van der Waals surface area contributed by atoms with Crippen molar-refractivity contribution in [1.29, 1.82) is 0 Å². The molecule has 2 heterocycles. The van der Waals surface area contributed by atoms with Gasteiger partial charge in [0, 0.05) is 22.8 Å². The molecule has 0 bridgehead atoms. The number of alkyl halides is 2. The quantitative estimate of drug-likeness (QED) is 0.499. The second kappa shape index (κ2) is 7.67. The predicted octanol–water partition coefficient (Wildman–Crippen LogP) is 5.00. The van der Waals surface area contributed by atoms with Gasteiger partial charge >= 0.3 is 6.61 Å². The first-order valence-corrected chi connectivity index (χ1v) is 9.18. The Bertz CT molecular complexity index is 1230. The van der Waals surface area contributed by atoms with E-state index < -0.39 is 6.61 Å². The number of rotatable bonds is 5. The molecule has 29 heavy (non-hydrogen) atoms. The van der Waals surface area contributed by atoms with Gasteiger partial charge in [0.2, 0.25) is 5.56 Å². The molecule has 0 unspecified atom stereocenters. The summed E-state index contributed by atoms with van der Waals surface area (Å²) in [5.41, 5.74) is 3.58. The zero-order chi connectivity index (χ0) is 20.5. The van der Waals surface area contributed by atoms with Crippen LogP contribution in [0, 0.1) is 6.92 Å². The molecule has 4 rings (SSSR count). The number of hydrogen-bond donors (Lipinski definition) is 1. The van der Waals surface area contributed by atoms with Crippen molar-refractivity contribution in [2.24, 2.45) is 0 Å². The minimum atomic E-state index is -2.94. The molecule has 0 radical (unpaired) electrons. The Kier molecular flexibility index (Phi) is 5.07. The van der Waals surface area contributed by atoms with Crippen molar-refractivity contribution in [3.63, 3.8) is 0 Å². The van der Waals surface area contributed by atoms with Crippen molar-refractivity contribution in [3.8, 4) is 16.9 Å². The molecular weight excluding hydrogens is 400 g/mol. The maximum absolute atomic E-state index is 12.8. The van der Waals surface area contributed by atoms with Crippen LogP contribution in [0.15, 0.2) is 59.5 Å². The van der Waals surface area contributed by atoms with Crippen molar-refractivity contribution in [2.75, 3.05) is 0 Å². The van der Waals surface area contributed by atoms with Gasteiger partial charge < -0.3 is 14.3 Å². The summed E-state index contributed by atoms with van der Waals surface area (Å²) in [5.74, 6) is 0.743. The maximum atomic E-state index is 12.8. The average molecular weight is 416 g/mol. The minimum Gasteiger partial charge on any atom is -0.434 e. The Morgan fingerprint density at radius 2 is 1.97 bits per heavy atom. The smallest absolute Gasteiger partial charge is 0.387 e. The van der Waals surface area contributed by atoms with E-state index in [2.05, 4.69) is 14.7 Å². The van der Waals surface area contributed by atoms with E-state index in [4.69, 9.17) is 11.6 Å². The highest BCUT2D eigenvalue weighted by molar-refractivity contribution is 6.31. The topological polar surface area (TPSA) is 59.9 Å². The SMILES string of the molecule is Cc1nc2ccc(-c3ccc(=O)[nH]c3)cc2n1Cc1c(Cl)cccc1OC(F)F. The van der Waals surface area contributed by atoms with E-state index in [9.17, 15) is 13.6 Å². The van der Waals surface area contributed by atoms with E-state index in [1.807, 2.05) is 29.7 Å². The molecule has 0 saturated heterocycles. The number of pyridine rings is 1. The number of imidazole rings is 1. The number of nitrogens with zero attached hydrogens (tertiary/aromatic N) is 2. The number of hydrogen-bond acceptors (Lipinski definition) is 3. The van der Waals surface area contributed by atoms with E-state index in [-0.39, 0.29) is 17.9 Å². The second-order valence-electron chi connectivity index (χ2n) is 6.49. The normalized spacial score (nSPS) is 11.3. The van der Waals surface area contributed by atoms with Gasteiger partial charge in [-0.05, 0) is 48.4 Å². The van der Waals surface area contributed by atoms with E-state index in [1.165, 1.54) is 12.1 Å². The van der Waals surface area contributed by atoms with E-state index in [0.717, 1.165) is 22.2 Å². The Labute approximate surface area is 169 Å². The molecule has 0 aliphatic rings. The molecule has 5 nitrogen and oxygen atoms in total. The number of ether oxygens (including phenoxy) is 1. The zero-order valence-corrected chi connectivity index (χ0v) is 16.1. The van der Waals surface area contributed by atoms with Crippen LogP contribution < -0.4 is 10.3 Å². The van der Waals surface area contributed by atoms with Crippen LogP contribution in [-0.4, -0.2) is 21.1 Å². The third-order valence-electron chi connectivity index (χ3n) is 4.66. The lowest BCUT2D eigenvalue weighted by atomic mass is 10.1. The van der Waals surface area contributed by atoms with E-state index in [0.29, 0.717) is 16.4 Å². The van der Waals surface area contributed by atoms with E-state index >= 15 is 0 Å². The molecule has 0 amide bonds. The molecule has 148 valence electrons. The Morgan fingerprint density at radius 1 is 1.17 bits per heavy atom. The average Bonchev–Trinajstić information content (AvgIpc) is 2.99. The van der Waals surface area contributed by atoms with Gasteiger partial charge in [-0.2, -0.15) is 8.78 Å². The molecule has 1 N–H and O–H groups in total. The Morgan fingerprint density at radius 3 is 2.69 bits per heavy atom. The fraction of sp³-hybridized carbons (Fsp3) is 0.143. The summed E-state index contributed by atoms with van der Waals surface area (Å²) >= 11 is 6.28. The van der Waals surface area contributed by atoms with Crippen LogP contribution in [0.4, 0.5) is 8.78 Å². The summed E-state index contributed by atoms with van der Waals surface area (Å²) in [6.07, 6.45) is 1.64. The van der Waals surface area contributed by atoms with Crippen LogP contribution >= 0.6 is 11.6 Å². The number of aromatic nitrogens is 3. The maximum Gasteiger partial charge on any atom is 0.387 e. The molecule has 0 aliphatic heterocycles. The van der Waals surface area contributed by atoms with Gasteiger partial charge in [-0.1, -0.05) is 23.7 Å². The van der Waals surface area contributed by atoms with Gasteiger partial charge in [0.15, 0.2) is 0 Å². The van der Waals surface area contributed by atoms with Crippen LogP contribution in [0.3, 0.4) is 0 Å². The fourth-order valence-corrected chi connectivity index (χ4v) is 3.49. The summed E-state index contributed by atoms with van der Waals surface area (Å²) in [4.78, 5) is 18.5. The molecule has 0 fully saturated rings. The first-order valence-electron chi connectivity index (χ1n) is 8.80. The standard InChI is InChI=1S/C21H16ClF2N3O2/c1-12-26-17-7-5-13(14-6-8-20(28)25-10-14)9-18(17)27(12)11-15-16(22)3-2-4-19(15)29-21(23)24/h2-10,21H,11H2,1H3,(H,25,28). The van der Waals surface area contributed by atoms with Crippen LogP contribution in [0.5, 0.6) is 5.75 Å². The van der Waals surface area contributed by atoms with Crippen molar-refractivity contribution in [3.05, 3.63) is 81.5 Å². The molecule has 2 aromatic heterocycles. The highest BCUT2D eigenvalue weighted by Gasteiger charge is 2.16. The third-order valence-corrected chi connectivity index (χ3v) is 5.02. The van der Waals surface area contributed by atoms with Gasteiger partial charge in [-0.3, -0.25) is 4.79 Å². The Balaban J connectivity index is 1.80. The lowest BCUT2D eigenvalue weighted by molar-refractivity contribution is -0.0504. The number of aryl methyl sites for hydroxylation is 1. The van der Waals surface area contributed by atoms with Crippen LogP contribution in [-0.2, 0) is 6.54 Å². The van der Waals surface area contributed by atoms with E-state index in [1.54, 1.807) is 24.4 Å². The van der Waals surface area contributed by atoms with Gasteiger partial charge in [-0.15, -0.1) is 0 Å². The number of aromatic amines is 1. The first kappa shape index (κ1) is 19.1. The summed E-state index contributed by atoms with van der Waals surface area (Å²) in [6, 6.07) is 13.6. The van der Waals surface area contributed by atoms with Gasteiger partial charge in [0.1, 0.15) is 11.6 Å². The molecule has 0 spiro atoms. The van der Waals surface area contributed by atoms with Crippen LogP contribution in [0.1, 0.15) is 11.4 Å². The molecule has 0 atom stereocenters. The van der Waals surface area contributed by atoms with Crippen molar-refractivity contribution in [1.82, 2.24) is 14.5 Å². The zero-order valence-electron chi connectivity index (χ0n) is 15.3. The number of benzene rings is 2. The second-order valence-corrected chi connectivity index (χ2v) is 6.89. The predicted molar refractivity (Wildman–Crippen MR) is 108 cm³/mol. The molecular formula is C21H16ClF2N3O2. The largest absolute Gasteiger partial charge is 0.434 e. The summed E-state index contributed by atoms with van der Waals surface area (Å²) in [7, 11) is 0. The Hall–Kier alpha value is -3.19.